The molecule has 0 nitrogen and oxygen atoms in total. The van der Waals surface area contributed by atoms with Crippen LogP contribution >= 0.6 is 0 Å². The summed E-state index contributed by atoms with van der Waals surface area (Å²) in [7, 11) is 0. The van der Waals surface area contributed by atoms with Gasteiger partial charge in [0.05, 0.1) is 0 Å². The van der Waals surface area contributed by atoms with Crippen LogP contribution in [0.3, 0.4) is 0 Å². The minimum absolute atomic E-state index is 1.13. The lowest BCUT2D eigenvalue weighted by molar-refractivity contribution is 0.885. The number of rotatable bonds is 5. The second-order valence-electron chi connectivity index (χ2n) is 4.23. The van der Waals surface area contributed by atoms with E-state index in [1.54, 1.807) is 5.57 Å². The van der Waals surface area contributed by atoms with Crippen LogP contribution in [0.2, 0.25) is 0 Å². The van der Waals surface area contributed by atoms with Crippen molar-refractivity contribution in [3.63, 3.8) is 0 Å². The zero-order chi connectivity index (χ0) is 11.8. The van der Waals surface area contributed by atoms with Gasteiger partial charge in [-0.3, -0.25) is 0 Å². The highest BCUT2D eigenvalue weighted by Gasteiger charge is 2.05. The fraction of sp³-hybridized carbons (Fsp3) is 0.600. The van der Waals surface area contributed by atoms with E-state index in [-0.39, 0.29) is 0 Å². The number of hydrogen-bond donors (Lipinski definition) is 0. The molecule has 0 heterocycles. The molecule has 0 heteroatoms. The van der Waals surface area contributed by atoms with Gasteiger partial charge in [-0.1, -0.05) is 38.0 Å². The third-order valence-corrected chi connectivity index (χ3v) is 2.84. The summed E-state index contributed by atoms with van der Waals surface area (Å²) in [5.41, 5.74) is 5.97. The van der Waals surface area contributed by atoms with Crippen LogP contribution in [-0.2, 0) is 0 Å². The van der Waals surface area contributed by atoms with Gasteiger partial charge in [0.15, 0.2) is 0 Å². The highest BCUT2D eigenvalue weighted by Crippen LogP contribution is 2.25. The van der Waals surface area contributed by atoms with Crippen LogP contribution in [-0.4, -0.2) is 0 Å². The summed E-state index contributed by atoms with van der Waals surface area (Å²) in [4.78, 5) is 0. The van der Waals surface area contributed by atoms with Gasteiger partial charge in [-0.05, 0) is 57.3 Å². The lowest BCUT2D eigenvalue weighted by Gasteiger charge is -2.13. The van der Waals surface area contributed by atoms with Gasteiger partial charge in [-0.15, -0.1) is 0 Å². The predicted molar refractivity (Wildman–Crippen MR) is 71.1 cm³/mol. The van der Waals surface area contributed by atoms with Crippen LogP contribution < -0.4 is 0 Å². The first-order valence-electron chi connectivity index (χ1n) is 6.07. The molecule has 0 radical (unpaired) electrons. The fourth-order valence-corrected chi connectivity index (χ4v) is 1.77. The van der Waals surface area contributed by atoms with Crippen LogP contribution in [0.4, 0.5) is 0 Å². The van der Waals surface area contributed by atoms with Crippen molar-refractivity contribution < 1.29 is 0 Å². The van der Waals surface area contributed by atoms with Gasteiger partial charge >= 0.3 is 0 Å². The monoisotopic (exact) mass is 206 g/mol. The Morgan fingerprint density at radius 1 is 1.07 bits per heavy atom. The molecule has 0 saturated heterocycles. The van der Waals surface area contributed by atoms with E-state index in [0.717, 1.165) is 6.42 Å². The molecule has 15 heavy (non-hydrogen) atoms. The van der Waals surface area contributed by atoms with Crippen molar-refractivity contribution in [1.29, 1.82) is 0 Å². The Morgan fingerprint density at radius 2 is 1.67 bits per heavy atom. The van der Waals surface area contributed by atoms with Crippen molar-refractivity contribution in [2.75, 3.05) is 0 Å². The van der Waals surface area contributed by atoms with Crippen LogP contribution in [0, 0.1) is 0 Å². The highest BCUT2D eigenvalue weighted by atomic mass is 14.1. The second kappa shape index (κ2) is 7.50. The van der Waals surface area contributed by atoms with Crippen molar-refractivity contribution in [2.45, 2.75) is 60.8 Å². The maximum absolute atomic E-state index is 2.26. The first-order chi connectivity index (χ1) is 7.08. The van der Waals surface area contributed by atoms with E-state index in [4.69, 9.17) is 0 Å². The molecule has 0 aliphatic heterocycles. The quantitative estimate of drug-likeness (QED) is 0.526. The molecule has 0 fully saturated rings. The van der Waals surface area contributed by atoms with E-state index in [1.807, 2.05) is 0 Å². The van der Waals surface area contributed by atoms with Crippen molar-refractivity contribution in [2.24, 2.45) is 0 Å². The molecule has 0 aromatic carbocycles. The van der Waals surface area contributed by atoms with Crippen LogP contribution in [0.15, 0.2) is 34.4 Å². The molecular formula is C15H26. The van der Waals surface area contributed by atoms with Crippen molar-refractivity contribution in [1.82, 2.24) is 0 Å². The van der Waals surface area contributed by atoms with Gasteiger partial charge in [0.2, 0.25) is 0 Å². The van der Waals surface area contributed by atoms with E-state index < -0.39 is 0 Å². The lowest BCUT2D eigenvalue weighted by atomic mass is 9.92. The van der Waals surface area contributed by atoms with Gasteiger partial charge in [-0.25, -0.2) is 0 Å². The molecule has 0 unspecified atom stereocenters. The predicted octanol–water partition coefficient (Wildman–Crippen LogP) is 5.43. The molecule has 86 valence electrons. The first-order valence-corrected chi connectivity index (χ1v) is 6.07. The molecule has 0 aromatic rings. The Hall–Kier alpha value is -0.780. The summed E-state index contributed by atoms with van der Waals surface area (Å²) < 4.78 is 0. The van der Waals surface area contributed by atoms with E-state index in [0.29, 0.717) is 0 Å². The van der Waals surface area contributed by atoms with Crippen LogP contribution in [0.5, 0.6) is 0 Å². The second-order valence-corrected chi connectivity index (χ2v) is 4.23. The Bertz CT molecular complexity index is 270. The minimum atomic E-state index is 1.13. The first kappa shape index (κ1) is 14.2. The Balaban J connectivity index is 5.33. The molecule has 0 amide bonds. The molecule has 0 aliphatic carbocycles. The lowest BCUT2D eigenvalue weighted by Crippen LogP contribution is -1.94. The molecule has 0 N–H and O–H groups in total. The van der Waals surface area contributed by atoms with E-state index >= 15 is 0 Å². The molecule has 0 aromatic heterocycles. The average Bonchev–Trinajstić information content (AvgIpc) is 2.22. The fourth-order valence-electron chi connectivity index (χ4n) is 1.77. The zero-order valence-electron chi connectivity index (χ0n) is 11.3. The van der Waals surface area contributed by atoms with Crippen molar-refractivity contribution in [3.8, 4) is 0 Å². The number of allylic oxidation sites excluding steroid dienone is 6. The summed E-state index contributed by atoms with van der Waals surface area (Å²) in [6.07, 6.45) is 7.96. The van der Waals surface area contributed by atoms with Crippen molar-refractivity contribution in [3.05, 3.63) is 34.4 Å². The molecule has 0 aliphatic rings. The van der Waals surface area contributed by atoms with Gasteiger partial charge in [0, 0.05) is 0 Å². The highest BCUT2D eigenvalue weighted by molar-refractivity contribution is 5.40. The van der Waals surface area contributed by atoms with E-state index in [9.17, 15) is 0 Å². The Labute approximate surface area is 95.8 Å². The van der Waals surface area contributed by atoms with Crippen LogP contribution in [0.25, 0.3) is 0 Å². The topological polar surface area (TPSA) is 0 Å². The SMILES string of the molecule is C/C=C/C(CC)=C(/CCC)C(C)=C(C)C. The third-order valence-electron chi connectivity index (χ3n) is 2.84. The van der Waals surface area contributed by atoms with Gasteiger partial charge in [0.1, 0.15) is 0 Å². The summed E-state index contributed by atoms with van der Waals surface area (Å²) in [5.74, 6) is 0. The zero-order valence-corrected chi connectivity index (χ0v) is 11.3. The maximum atomic E-state index is 2.26. The molecular weight excluding hydrogens is 180 g/mol. The molecule has 0 spiro atoms. The Morgan fingerprint density at radius 3 is 2.00 bits per heavy atom. The summed E-state index contributed by atoms with van der Waals surface area (Å²) >= 11 is 0. The normalized spacial score (nSPS) is 12.9. The summed E-state index contributed by atoms with van der Waals surface area (Å²) in [5, 5.41) is 0. The molecule has 0 rings (SSSR count). The smallest absolute Gasteiger partial charge is 0.0276 e. The Kier molecular flexibility index (Phi) is 7.11. The average molecular weight is 206 g/mol. The minimum Gasteiger partial charge on any atom is -0.0874 e. The van der Waals surface area contributed by atoms with Gasteiger partial charge < -0.3 is 0 Å². The number of hydrogen-bond acceptors (Lipinski definition) is 0. The molecule has 0 atom stereocenters. The van der Waals surface area contributed by atoms with Crippen LogP contribution in [0.1, 0.15) is 60.8 Å². The standard InChI is InChI=1S/C15H26/c1-7-10-14(9-3)15(11-8-2)13(6)12(4)5/h7,10H,8-9,11H2,1-6H3/b10-7+,15-14-. The van der Waals surface area contributed by atoms with Gasteiger partial charge in [0.25, 0.3) is 0 Å². The molecule has 0 saturated carbocycles. The van der Waals surface area contributed by atoms with Crippen molar-refractivity contribution >= 4 is 0 Å². The largest absolute Gasteiger partial charge is 0.0874 e. The summed E-state index contributed by atoms with van der Waals surface area (Å²) in [6, 6.07) is 0. The van der Waals surface area contributed by atoms with Gasteiger partial charge in [-0.2, -0.15) is 0 Å². The molecule has 0 bridgehead atoms. The summed E-state index contributed by atoms with van der Waals surface area (Å²) in [6.45, 7) is 13.2. The van der Waals surface area contributed by atoms with E-state index in [1.165, 1.54) is 29.6 Å². The maximum Gasteiger partial charge on any atom is -0.0276 e. The third kappa shape index (κ3) is 4.51. The van der Waals surface area contributed by atoms with E-state index in [2.05, 4.69) is 53.7 Å².